The lowest BCUT2D eigenvalue weighted by molar-refractivity contribution is 0.456. The molecule has 0 aromatic rings. The van der Waals surface area contributed by atoms with Gasteiger partial charge in [-0.1, -0.05) is 12.7 Å². The maximum Gasteiger partial charge on any atom is 0.194 e. The monoisotopic (exact) mass is 164 g/mol. The maximum atomic E-state index is 5.28. The topological polar surface area (TPSA) is 34.0 Å². The number of ether oxygens (including phenoxy) is 1. The van der Waals surface area contributed by atoms with Crippen LogP contribution in [0.5, 0.6) is 0 Å². The third kappa shape index (κ3) is 1.81. The Labute approximate surface area is 72.2 Å². The molecule has 1 heterocycles. The van der Waals surface area contributed by atoms with Crippen molar-refractivity contribution < 1.29 is 4.74 Å². The predicted octanol–water partition coefficient (Wildman–Crippen LogP) is 1.92. The van der Waals surface area contributed by atoms with Gasteiger partial charge in [0, 0.05) is 13.5 Å². The fourth-order valence-electron chi connectivity index (χ4n) is 0.910. The van der Waals surface area contributed by atoms with Crippen molar-refractivity contribution in [2.24, 2.45) is 9.98 Å². The minimum atomic E-state index is 0.635. The summed E-state index contributed by atoms with van der Waals surface area (Å²) < 4.78 is 5.28. The maximum absolute atomic E-state index is 5.28. The van der Waals surface area contributed by atoms with Gasteiger partial charge in [-0.15, -0.1) is 0 Å². The van der Waals surface area contributed by atoms with E-state index in [0.717, 1.165) is 0 Å². The highest BCUT2D eigenvalue weighted by molar-refractivity contribution is 6.09. The first-order valence-corrected chi connectivity index (χ1v) is 3.88. The van der Waals surface area contributed by atoms with E-state index in [4.69, 9.17) is 4.74 Å². The summed E-state index contributed by atoms with van der Waals surface area (Å²) in [6.45, 7) is 8.05. The molecule has 0 bridgehead atoms. The molecule has 0 spiro atoms. The molecule has 0 atom stereocenters. The van der Waals surface area contributed by atoms with Gasteiger partial charge in [0.05, 0.1) is 0 Å². The lowest BCUT2D eigenvalue weighted by Gasteiger charge is -1.95. The fraction of sp³-hybridized carbons (Fsp3) is 0.333. The molecule has 0 saturated heterocycles. The molecule has 1 aliphatic rings. The molecule has 0 aromatic heterocycles. The summed E-state index contributed by atoms with van der Waals surface area (Å²) in [4.78, 5) is 8.27. The molecule has 1 aliphatic heterocycles. The Hall–Kier alpha value is -1.38. The molecule has 1 rings (SSSR count). The Morgan fingerprint density at radius 3 is 3.00 bits per heavy atom. The van der Waals surface area contributed by atoms with Gasteiger partial charge < -0.3 is 4.74 Å². The van der Waals surface area contributed by atoms with Gasteiger partial charge in [0.2, 0.25) is 0 Å². The molecular formula is C9H12N2O. The van der Waals surface area contributed by atoms with Gasteiger partial charge in [0.25, 0.3) is 0 Å². The highest BCUT2D eigenvalue weighted by atomic mass is 16.5. The summed E-state index contributed by atoms with van der Waals surface area (Å²) in [5, 5.41) is 0. The highest BCUT2D eigenvalue weighted by Gasteiger charge is 2.15. The number of rotatable bonds is 2. The van der Waals surface area contributed by atoms with E-state index < -0.39 is 0 Å². The van der Waals surface area contributed by atoms with Crippen molar-refractivity contribution in [3.8, 4) is 0 Å². The Bertz CT molecular complexity index is 274. The minimum Gasteiger partial charge on any atom is -0.439 e. The Balaban J connectivity index is 2.89. The summed E-state index contributed by atoms with van der Waals surface area (Å²) in [6, 6.07) is 0. The molecule has 0 aliphatic carbocycles. The van der Waals surface area contributed by atoms with Crippen LogP contribution in [0.4, 0.5) is 0 Å². The fourth-order valence-corrected chi connectivity index (χ4v) is 0.910. The molecule has 3 heteroatoms. The molecule has 0 aromatic carbocycles. The van der Waals surface area contributed by atoms with Crippen LogP contribution in [-0.2, 0) is 4.74 Å². The van der Waals surface area contributed by atoms with E-state index in [2.05, 4.69) is 16.6 Å². The molecule has 0 N–H and O–H groups in total. The van der Waals surface area contributed by atoms with Crippen molar-refractivity contribution in [3.05, 3.63) is 24.5 Å². The number of allylic oxidation sites excluding steroid dienone is 2. The first kappa shape index (κ1) is 8.71. The zero-order valence-corrected chi connectivity index (χ0v) is 7.37. The van der Waals surface area contributed by atoms with E-state index in [1.807, 2.05) is 6.92 Å². The number of aliphatic imine (C=N–C) groups is 2. The third-order valence-corrected chi connectivity index (χ3v) is 1.32. The lowest BCUT2D eigenvalue weighted by atomic mass is 10.4. The van der Waals surface area contributed by atoms with Crippen LogP contribution in [-0.4, -0.2) is 18.3 Å². The summed E-state index contributed by atoms with van der Waals surface area (Å²) in [7, 11) is 0. The SMILES string of the molecule is C=C/C=C1/OC(C)=NC1=NCC. The van der Waals surface area contributed by atoms with Gasteiger partial charge in [-0.2, -0.15) is 4.99 Å². The van der Waals surface area contributed by atoms with Crippen molar-refractivity contribution in [2.75, 3.05) is 6.54 Å². The van der Waals surface area contributed by atoms with Crippen LogP contribution in [0.25, 0.3) is 0 Å². The Kier molecular flexibility index (Phi) is 2.80. The summed E-state index contributed by atoms with van der Waals surface area (Å²) in [5.74, 6) is 1.98. The zero-order valence-electron chi connectivity index (χ0n) is 7.37. The third-order valence-electron chi connectivity index (χ3n) is 1.32. The van der Waals surface area contributed by atoms with Crippen LogP contribution in [0, 0.1) is 0 Å². The van der Waals surface area contributed by atoms with Crippen LogP contribution in [0.15, 0.2) is 34.5 Å². The quantitative estimate of drug-likeness (QED) is 0.614. The molecule has 64 valence electrons. The molecule has 0 radical (unpaired) electrons. The number of amidine groups is 1. The van der Waals surface area contributed by atoms with E-state index >= 15 is 0 Å². The largest absolute Gasteiger partial charge is 0.439 e. The summed E-state index contributed by atoms with van der Waals surface area (Å²) in [5.41, 5.74) is 0. The van der Waals surface area contributed by atoms with Crippen LogP contribution >= 0.6 is 0 Å². The van der Waals surface area contributed by atoms with E-state index in [1.54, 1.807) is 19.1 Å². The smallest absolute Gasteiger partial charge is 0.194 e. The second-order valence-corrected chi connectivity index (χ2v) is 2.30. The first-order chi connectivity index (χ1) is 5.77. The number of hydrogen-bond acceptors (Lipinski definition) is 2. The van der Waals surface area contributed by atoms with Crippen molar-refractivity contribution >= 4 is 11.7 Å². The molecule has 0 amide bonds. The average molecular weight is 164 g/mol. The summed E-state index contributed by atoms with van der Waals surface area (Å²) in [6.07, 6.45) is 3.42. The zero-order chi connectivity index (χ0) is 8.97. The van der Waals surface area contributed by atoms with Crippen LogP contribution in [0.2, 0.25) is 0 Å². The van der Waals surface area contributed by atoms with Gasteiger partial charge >= 0.3 is 0 Å². The highest BCUT2D eigenvalue weighted by Crippen LogP contribution is 2.11. The van der Waals surface area contributed by atoms with Crippen molar-refractivity contribution in [2.45, 2.75) is 13.8 Å². The second-order valence-electron chi connectivity index (χ2n) is 2.30. The molecule has 0 saturated carbocycles. The van der Waals surface area contributed by atoms with E-state index in [1.165, 1.54) is 0 Å². The van der Waals surface area contributed by atoms with Gasteiger partial charge in [0.15, 0.2) is 17.5 Å². The molecule has 0 fully saturated rings. The predicted molar refractivity (Wildman–Crippen MR) is 50.5 cm³/mol. The van der Waals surface area contributed by atoms with Crippen molar-refractivity contribution in [1.29, 1.82) is 0 Å². The number of nitrogens with zero attached hydrogens (tertiary/aromatic N) is 2. The van der Waals surface area contributed by atoms with E-state index in [0.29, 0.717) is 24.0 Å². The van der Waals surface area contributed by atoms with Gasteiger partial charge in [-0.25, -0.2) is 0 Å². The van der Waals surface area contributed by atoms with Crippen molar-refractivity contribution in [3.63, 3.8) is 0 Å². The Morgan fingerprint density at radius 2 is 2.42 bits per heavy atom. The molecule has 3 nitrogen and oxygen atoms in total. The van der Waals surface area contributed by atoms with Crippen LogP contribution < -0.4 is 0 Å². The van der Waals surface area contributed by atoms with E-state index in [9.17, 15) is 0 Å². The average Bonchev–Trinajstić information content (AvgIpc) is 2.33. The standard InChI is InChI=1S/C9H12N2O/c1-4-6-8-9(10-5-2)11-7(3)12-8/h4,6H,1,5H2,2-3H3/b8-6+,10-9?. The van der Waals surface area contributed by atoms with Gasteiger partial charge in [-0.05, 0) is 13.0 Å². The molecular weight excluding hydrogens is 152 g/mol. The Morgan fingerprint density at radius 1 is 1.67 bits per heavy atom. The van der Waals surface area contributed by atoms with Gasteiger partial charge in [-0.3, -0.25) is 4.99 Å². The second kappa shape index (κ2) is 3.85. The number of hydrogen-bond donors (Lipinski definition) is 0. The molecule has 0 unspecified atom stereocenters. The van der Waals surface area contributed by atoms with Crippen LogP contribution in [0.3, 0.4) is 0 Å². The minimum absolute atomic E-state index is 0.635. The van der Waals surface area contributed by atoms with Crippen LogP contribution in [0.1, 0.15) is 13.8 Å². The lowest BCUT2D eigenvalue weighted by Crippen LogP contribution is -1.95. The van der Waals surface area contributed by atoms with E-state index in [-0.39, 0.29) is 0 Å². The normalized spacial score (nSPS) is 22.7. The summed E-state index contributed by atoms with van der Waals surface area (Å²) >= 11 is 0. The van der Waals surface area contributed by atoms with Gasteiger partial charge in [0.1, 0.15) is 0 Å². The van der Waals surface area contributed by atoms with Crippen molar-refractivity contribution in [1.82, 2.24) is 0 Å². The molecule has 12 heavy (non-hydrogen) atoms. The first-order valence-electron chi connectivity index (χ1n) is 3.88.